The number of β-amino-alcohol motifs (C(OH)–C–C–N with tert-alkyl or cyclic N) is 1. The molecule has 1 saturated heterocycles. The molecule has 1 aliphatic rings. The molecular weight excluding hydrogens is 517 g/mol. The minimum atomic E-state index is -4.85. The minimum Gasteiger partial charge on any atom is -0.391 e. The highest BCUT2D eigenvalue weighted by molar-refractivity contribution is 5.99. The number of aliphatic hydroxyl groups is 1. The van der Waals surface area contributed by atoms with Gasteiger partial charge >= 0.3 is 6.18 Å². The van der Waals surface area contributed by atoms with E-state index in [0.717, 1.165) is 21.7 Å². The van der Waals surface area contributed by atoms with Crippen LogP contribution in [-0.4, -0.2) is 56.3 Å². The highest BCUT2D eigenvalue weighted by Crippen LogP contribution is 2.33. The third-order valence-electron chi connectivity index (χ3n) is 5.95. The lowest BCUT2D eigenvalue weighted by molar-refractivity contribution is -0.174. The number of aliphatic hydroxyl groups excluding tert-OH is 1. The van der Waals surface area contributed by atoms with E-state index in [0.29, 0.717) is 12.3 Å². The molecule has 2 N–H and O–H groups in total. The second-order valence-electron chi connectivity index (χ2n) is 9.92. The minimum absolute atomic E-state index is 0.0169. The number of hydrogen-bond acceptors (Lipinski definition) is 6. The van der Waals surface area contributed by atoms with Crippen LogP contribution in [0.1, 0.15) is 37.6 Å². The number of pyridine rings is 3. The van der Waals surface area contributed by atoms with Gasteiger partial charge in [0.2, 0.25) is 11.3 Å². The van der Waals surface area contributed by atoms with Crippen molar-refractivity contribution in [1.82, 2.24) is 19.9 Å². The van der Waals surface area contributed by atoms with Gasteiger partial charge in [-0.3, -0.25) is 23.9 Å². The van der Waals surface area contributed by atoms with Crippen LogP contribution in [0.4, 0.5) is 27.8 Å². The molecule has 14 heteroatoms. The highest BCUT2D eigenvalue weighted by atomic mass is 19.4. The average molecular weight is 539 g/mol. The number of amides is 2. The molecule has 3 aromatic rings. The Bertz CT molecular complexity index is 1480. The van der Waals surface area contributed by atoms with Crippen LogP contribution >= 0.6 is 0 Å². The van der Waals surface area contributed by atoms with Crippen molar-refractivity contribution in [2.75, 3.05) is 11.4 Å². The highest BCUT2D eigenvalue weighted by Gasteiger charge is 2.48. The van der Waals surface area contributed by atoms with Crippen molar-refractivity contribution in [3.63, 3.8) is 0 Å². The molecule has 0 saturated carbocycles. The van der Waals surface area contributed by atoms with Crippen LogP contribution in [0.5, 0.6) is 0 Å². The molecule has 4 heterocycles. The third kappa shape index (κ3) is 5.08. The van der Waals surface area contributed by atoms with Gasteiger partial charge in [-0.25, -0.2) is 18.7 Å². The predicted octanol–water partition coefficient (Wildman–Crippen LogP) is 2.86. The summed E-state index contributed by atoms with van der Waals surface area (Å²) >= 11 is 0. The first-order valence-corrected chi connectivity index (χ1v) is 11.3. The lowest BCUT2D eigenvalue weighted by Gasteiger charge is -2.33. The topological polar surface area (TPSA) is 117 Å². The molecule has 2 atom stereocenters. The van der Waals surface area contributed by atoms with Crippen LogP contribution in [0.15, 0.2) is 35.4 Å². The van der Waals surface area contributed by atoms with Crippen LogP contribution in [0.2, 0.25) is 0 Å². The quantitative estimate of drug-likeness (QED) is 0.493. The van der Waals surface area contributed by atoms with Gasteiger partial charge in [0.25, 0.3) is 5.91 Å². The van der Waals surface area contributed by atoms with Crippen LogP contribution in [-0.2, 0) is 4.79 Å². The summed E-state index contributed by atoms with van der Waals surface area (Å²) in [4.78, 5) is 47.5. The Morgan fingerprint density at radius 2 is 1.87 bits per heavy atom. The van der Waals surface area contributed by atoms with Crippen LogP contribution in [0, 0.1) is 17.0 Å². The standard InChI is InChI=1S/C24H22F5N5O4/c1-23(2,3)22(24(27,28)29)32-21(38)14-10-34(20-15(26)6-11(25)8-30-20)19-13(18(14)37)4-5-16(31-19)33-9-12(35)7-17(33)36/h4-6,8,10,12,22,35H,7,9H2,1-3H3,(H,32,38)/t12-,22+/m0/s1. The second-order valence-corrected chi connectivity index (χ2v) is 9.92. The van der Waals surface area contributed by atoms with Gasteiger partial charge in [-0.15, -0.1) is 0 Å². The SMILES string of the molecule is CC(C)(C)[C@@H](NC(=O)c1cn(-c2ncc(F)cc2F)c2nc(N3C[C@@H](O)CC3=O)ccc2c1=O)C(F)(F)F. The summed E-state index contributed by atoms with van der Waals surface area (Å²) in [5, 5.41) is 11.3. The maximum Gasteiger partial charge on any atom is 0.409 e. The number of carbonyl (C=O) groups is 2. The molecule has 0 unspecified atom stereocenters. The Morgan fingerprint density at radius 1 is 1.18 bits per heavy atom. The molecule has 202 valence electrons. The summed E-state index contributed by atoms with van der Waals surface area (Å²) < 4.78 is 70.2. The van der Waals surface area contributed by atoms with E-state index < -0.39 is 64.0 Å². The Morgan fingerprint density at radius 3 is 2.42 bits per heavy atom. The number of nitrogens with one attached hydrogen (secondary N) is 1. The maximum absolute atomic E-state index is 14.8. The first kappa shape index (κ1) is 27.1. The lowest BCUT2D eigenvalue weighted by atomic mass is 9.86. The Labute approximate surface area is 211 Å². The monoisotopic (exact) mass is 539 g/mol. The summed E-state index contributed by atoms with van der Waals surface area (Å²) in [6.07, 6.45) is -4.57. The summed E-state index contributed by atoms with van der Waals surface area (Å²) in [5.74, 6) is -4.72. The molecule has 38 heavy (non-hydrogen) atoms. The van der Waals surface area contributed by atoms with Crippen molar-refractivity contribution < 1.29 is 36.6 Å². The lowest BCUT2D eigenvalue weighted by Crippen LogP contribution is -2.53. The smallest absolute Gasteiger partial charge is 0.391 e. The number of alkyl halides is 3. The maximum atomic E-state index is 14.8. The fourth-order valence-corrected chi connectivity index (χ4v) is 4.16. The number of nitrogens with zero attached hydrogens (tertiary/aromatic N) is 4. The molecule has 3 aromatic heterocycles. The van der Waals surface area contributed by atoms with Gasteiger partial charge in [-0.2, -0.15) is 13.2 Å². The van der Waals surface area contributed by atoms with Crippen molar-refractivity contribution >= 4 is 28.7 Å². The number of anilines is 1. The summed E-state index contributed by atoms with van der Waals surface area (Å²) in [6.45, 7) is 3.66. The van der Waals surface area contributed by atoms with Crippen LogP contribution in [0.25, 0.3) is 16.9 Å². The predicted molar refractivity (Wildman–Crippen MR) is 125 cm³/mol. The second kappa shape index (κ2) is 9.42. The van der Waals surface area contributed by atoms with E-state index in [4.69, 9.17) is 0 Å². The Balaban J connectivity index is 1.93. The van der Waals surface area contributed by atoms with Crippen LogP contribution < -0.4 is 15.6 Å². The van der Waals surface area contributed by atoms with Crippen LogP contribution in [0.3, 0.4) is 0 Å². The van der Waals surface area contributed by atoms with Gasteiger partial charge in [0.05, 0.1) is 30.7 Å². The number of aromatic nitrogens is 3. The van der Waals surface area contributed by atoms with Crippen molar-refractivity contribution in [3.05, 3.63) is 58.0 Å². The molecule has 0 spiro atoms. The summed E-state index contributed by atoms with van der Waals surface area (Å²) in [7, 11) is 0. The molecule has 0 aromatic carbocycles. The number of hydrogen-bond donors (Lipinski definition) is 2. The molecular formula is C24H22F5N5O4. The zero-order valence-corrected chi connectivity index (χ0v) is 20.3. The molecule has 9 nitrogen and oxygen atoms in total. The third-order valence-corrected chi connectivity index (χ3v) is 5.95. The van der Waals surface area contributed by atoms with Gasteiger partial charge in [-0.1, -0.05) is 20.8 Å². The molecule has 0 bridgehead atoms. The first-order valence-electron chi connectivity index (χ1n) is 11.3. The van der Waals surface area contributed by atoms with Crippen molar-refractivity contribution in [2.24, 2.45) is 5.41 Å². The Hall–Kier alpha value is -3.94. The largest absolute Gasteiger partial charge is 0.409 e. The first-order chi connectivity index (χ1) is 17.6. The molecule has 2 amide bonds. The van der Waals surface area contributed by atoms with E-state index in [-0.39, 0.29) is 29.8 Å². The Kier molecular flexibility index (Phi) is 6.72. The number of halogens is 5. The molecule has 1 aliphatic heterocycles. The average Bonchev–Trinajstić information content (AvgIpc) is 3.14. The van der Waals surface area contributed by atoms with Crippen molar-refractivity contribution in [1.29, 1.82) is 0 Å². The molecule has 0 aliphatic carbocycles. The van der Waals surface area contributed by atoms with E-state index in [1.807, 2.05) is 5.32 Å². The molecule has 0 radical (unpaired) electrons. The summed E-state index contributed by atoms with van der Waals surface area (Å²) in [6, 6.07) is 0.556. The fraction of sp³-hybridized carbons (Fsp3) is 0.375. The molecule has 1 fully saturated rings. The van der Waals surface area contributed by atoms with Crippen molar-refractivity contribution in [3.8, 4) is 5.82 Å². The number of rotatable bonds is 4. The van der Waals surface area contributed by atoms with E-state index in [2.05, 4.69) is 9.97 Å². The van der Waals surface area contributed by atoms with Gasteiger partial charge in [0.15, 0.2) is 17.3 Å². The van der Waals surface area contributed by atoms with Gasteiger partial charge in [0, 0.05) is 12.3 Å². The van der Waals surface area contributed by atoms with E-state index >= 15 is 0 Å². The number of fused-ring (bicyclic) bond motifs is 1. The zero-order chi connectivity index (χ0) is 28.2. The van der Waals surface area contributed by atoms with E-state index in [9.17, 15) is 41.4 Å². The molecule has 4 rings (SSSR count). The summed E-state index contributed by atoms with van der Waals surface area (Å²) in [5.41, 5.74) is -3.57. The fourth-order valence-electron chi connectivity index (χ4n) is 4.16. The van der Waals surface area contributed by atoms with Gasteiger partial charge < -0.3 is 10.4 Å². The number of carbonyl (C=O) groups excluding carboxylic acids is 2. The van der Waals surface area contributed by atoms with Crippen molar-refractivity contribution in [2.45, 2.75) is 45.5 Å². The van der Waals surface area contributed by atoms with E-state index in [1.165, 1.54) is 26.8 Å². The normalized spacial score (nSPS) is 17.2. The van der Waals surface area contributed by atoms with Gasteiger partial charge in [-0.05, 0) is 17.5 Å². The van der Waals surface area contributed by atoms with Gasteiger partial charge in [0.1, 0.15) is 23.2 Å². The van der Waals surface area contributed by atoms with E-state index in [1.54, 1.807) is 0 Å². The zero-order valence-electron chi connectivity index (χ0n) is 20.3.